The molecule has 24 heavy (non-hydrogen) atoms. The predicted octanol–water partition coefficient (Wildman–Crippen LogP) is 3.66. The van der Waals surface area contributed by atoms with Crippen LogP contribution in [0.2, 0.25) is 5.02 Å². The maximum atomic E-state index is 12.2. The van der Waals surface area contributed by atoms with Crippen molar-refractivity contribution < 1.29 is 19.2 Å². The zero-order valence-electron chi connectivity index (χ0n) is 13.0. The first-order chi connectivity index (χ1) is 11.4. The highest BCUT2D eigenvalue weighted by Gasteiger charge is 2.22. The van der Waals surface area contributed by atoms with E-state index in [1.165, 1.54) is 32.2 Å². The second kappa shape index (κ2) is 7.65. The summed E-state index contributed by atoms with van der Waals surface area (Å²) in [4.78, 5) is 22.7. The number of halogens is 1. The number of para-hydroxylation sites is 2. The van der Waals surface area contributed by atoms with Gasteiger partial charge in [-0.05, 0) is 31.2 Å². The Balaban J connectivity index is 2.14. The largest absolute Gasteiger partial charge is 0.495 e. The Morgan fingerprint density at radius 1 is 1.25 bits per heavy atom. The number of hydrogen-bond acceptors (Lipinski definition) is 5. The van der Waals surface area contributed by atoms with E-state index < -0.39 is 16.9 Å². The van der Waals surface area contributed by atoms with Crippen LogP contribution in [0.1, 0.15) is 6.92 Å². The maximum absolute atomic E-state index is 12.2. The SMILES string of the molecule is COc1ccccc1NC(=O)[C@@H](C)Oc1ccc(Cl)cc1[N+](=O)[O-]. The van der Waals surface area contributed by atoms with Crippen molar-refractivity contribution in [2.45, 2.75) is 13.0 Å². The van der Waals surface area contributed by atoms with Gasteiger partial charge in [-0.25, -0.2) is 0 Å². The zero-order chi connectivity index (χ0) is 17.7. The Bertz CT molecular complexity index is 766. The zero-order valence-corrected chi connectivity index (χ0v) is 13.7. The second-order valence-corrected chi connectivity index (χ2v) is 5.26. The van der Waals surface area contributed by atoms with Gasteiger partial charge in [-0.2, -0.15) is 0 Å². The Morgan fingerprint density at radius 2 is 1.96 bits per heavy atom. The molecule has 1 N–H and O–H groups in total. The number of nitro groups is 1. The van der Waals surface area contributed by atoms with Crippen LogP contribution in [0, 0.1) is 10.1 Å². The molecule has 8 heteroatoms. The maximum Gasteiger partial charge on any atom is 0.312 e. The monoisotopic (exact) mass is 350 g/mol. The molecule has 0 bridgehead atoms. The number of nitrogens with one attached hydrogen (secondary N) is 1. The van der Waals surface area contributed by atoms with Gasteiger partial charge in [0, 0.05) is 11.1 Å². The highest BCUT2D eigenvalue weighted by atomic mass is 35.5. The van der Waals surface area contributed by atoms with E-state index in [0.29, 0.717) is 11.4 Å². The number of methoxy groups -OCH3 is 1. The fourth-order valence-corrected chi connectivity index (χ4v) is 2.13. The second-order valence-electron chi connectivity index (χ2n) is 4.82. The van der Waals surface area contributed by atoms with E-state index in [4.69, 9.17) is 21.1 Å². The number of rotatable bonds is 6. The fraction of sp³-hybridized carbons (Fsp3) is 0.188. The third-order valence-corrected chi connectivity index (χ3v) is 3.39. The average molecular weight is 351 g/mol. The fourth-order valence-electron chi connectivity index (χ4n) is 1.96. The predicted molar refractivity (Wildman–Crippen MR) is 89.8 cm³/mol. The average Bonchev–Trinajstić information content (AvgIpc) is 2.56. The van der Waals surface area contributed by atoms with Gasteiger partial charge in [-0.3, -0.25) is 14.9 Å². The number of benzene rings is 2. The summed E-state index contributed by atoms with van der Waals surface area (Å²) in [5.74, 6) is -0.00801. The molecular weight excluding hydrogens is 336 g/mol. The molecular formula is C16H15ClN2O5. The molecule has 1 amide bonds. The van der Waals surface area contributed by atoms with Crippen LogP contribution in [0.25, 0.3) is 0 Å². The van der Waals surface area contributed by atoms with E-state index in [-0.39, 0.29) is 16.5 Å². The summed E-state index contributed by atoms with van der Waals surface area (Å²) in [6, 6.07) is 10.9. The molecule has 0 fully saturated rings. The molecule has 2 rings (SSSR count). The van der Waals surface area contributed by atoms with Gasteiger partial charge in [-0.1, -0.05) is 23.7 Å². The summed E-state index contributed by atoms with van der Waals surface area (Å²) < 4.78 is 10.6. The van der Waals surface area contributed by atoms with Crippen LogP contribution in [-0.2, 0) is 4.79 Å². The molecule has 0 unspecified atom stereocenters. The van der Waals surface area contributed by atoms with Gasteiger partial charge < -0.3 is 14.8 Å². The van der Waals surface area contributed by atoms with Gasteiger partial charge >= 0.3 is 5.69 Å². The Hall–Kier alpha value is -2.80. The normalized spacial score (nSPS) is 11.5. The van der Waals surface area contributed by atoms with Crippen molar-refractivity contribution in [1.29, 1.82) is 0 Å². The van der Waals surface area contributed by atoms with Gasteiger partial charge in [0.1, 0.15) is 5.75 Å². The minimum Gasteiger partial charge on any atom is -0.495 e. The van der Waals surface area contributed by atoms with Crippen LogP contribution in [0.4, 0.5) is 11.4 Å². The third-order valence-electron chi connectivity index (χ3n) is 3.16. The lowest BCUT2D eigenvalue weighted by atomic mass is 10.2. The van der Waals surface area contributed by atoms with Crippen molar-refractivity contribution >= 4 is 28.9 Å². The molecule has 126 valence electrons. The van der Waals surface area contributed by atoms with E-state index in [9.17, 15) is 14.9 Å². The first-order valence-electron chi connectivity index (χ1n) is 6.97. The number of carbonyl (C=O) groups is 1. The summed E-state index contributed by atoms with van der Waals surface area (Å²) in [6.07, 6.45) is -0.963. The van der Waals surface area contributed by atoms with Gasteiger partial charge in [-0.15, -0.1) is 0 Å². The Labute approximate surface area is 143 Å². The molecule has 1 atom stereocenters. The molecule has 0 saturated carbocycles. The van der Waals surface area contributed by atoms with Crippen molar-refractivity contribution in [2.75, 3.05) is 12.4 Å². The van der Waals surface area contributed by atoms with E-state index in [1.807, 2.05) is 0 Å². The van der Waals surface area contributed by atoms with Crippen molar-refractivity contribution in [3.05, 3.63) is 57.6 Å². The number of hydrogen-bond donors (Lipinski definition) is 1. The summed E-state index contributed by atoms with van der Waals surface area (Å²) >= 11 is 5.75. The van der Waals surface area contributed by atoms with E-state index in [2.05, 4.69) is 5.32 Å². The first-order valence-corrected chi connectivity index (χ1v) is 7.34. The van der Waals surface area contributed by atoms with Crippen molar-refractivity contribution in [3.8, 4) is 11.5 Å². The van der Waals surface area contributed by atoms with E-state index in [0.717, 1.165) is 0 Å². The Kier molecular flexibility index (Phi) is 5.59. The lowest BCUT2D eigenvalue weighted by Gasteiger charge is -2.16. The third kappa shape index (κ3) is 4.14. The summed E-state index contributed by atoms with van der Waals surface area (Å²) in [6.45, 7) is 1.49. The van der Waals surface area contributed by atoms with Gasteiger partial charge in [0.25, 0.3) is 5.91 Å². The van der Waals surface area contributed by atoms with Crippen LogP contribution in [0.3, 0.4) is 0 Å². The molecule has 0 spiro atoms. The molecule has 2 aromatic rings. The summed E-state index contributed by atoms with van der Waals surface area (Å²) in [5.41, 5.74) is 0.172. The number of nitro benzene ring substituents is 1. The number of ether oxygens (including phenoxy) is 2. The molecule has 0 aromatic heterocycles. The Morgan fingerprint density at radius 3 is 2.62 bits per heavy atom. The lowest BCUT2D eigenvalue weighted by molar-refractivity contribution is -0.386. The standard InChI is InChI=1S/C16H15ClN2O5/c1-10(16(20)18-12-5-3-4-6-14(12)23-2)24-15-8-7-11(17)9-13(15)19(21)22/h3-10H,1-2H3,(H,18,20)/t10-/m1/s1. The molecule has 0 aliphatic heterocycles. The molecule has 0 aliphatic carbocycles. The van der Waals surface area contributed by atoms with Crippen LogP contribution >= 0.6 is 11.6 Å². The highest BCUT2D eigenvalue weighted by molar-refractivity contribution is 6.30. The molecule has 7 nitrogen and oxygen atoms in total. The first kappa shape index (κ1) is 17.6. The van der Waals surface area contributed by atoms with Crippen LogP contribution < -0.4 is 14.8 Å². The van der Waals surface area contributed by atoms with Crippen molar-refractivity contribution in [3.63, 3.8) is 0 Å². The number of amides is 1. The van der Waals surface area contributed by atoms with Crippen LogP contribution in [0.5, 0.6) is 11.5 Å². The minimum absolute atomic E-state index is 0.0351. The van der Waals surface area contributed by atoms with E-state index >= 15 is 0 Å². The van der Waals surface area contributed by atoms with E-state index in [1.54, 1.807) is 24.3 Å². The van der Waals surface area contributed by atoms with Gasteiger partial charge in [0.05, 0.1) is 17.7 Å². The van der Waals surface area contributed by atoms with Crippen molar-refractivity contribution in [2.24, 2.45) is 0 Å². The number of carbonyl (C=O) groups excluding carboxylic acids is 1. The topological polar surface area (TPSA) is 90.7 Å². The summed E-state index contributed by atoms with van der Waals surface area (Å²) in [5, 5.41) is 13.9. The van der Waals surface area contributed by atoms with Gasteiger partial charge in [0.15, 0.2) is 11.9 Å². The quantitative estimate of drug-likeness (QED) is 0.634. The summed E-state index contributed by atoms with van der Waals surface area (Å²) in [7, 11) is 1.49. The van der Waals surface area contributed by atoms with Crippen LogP contribution in [0.15, 0.2) is 42.5 Å². The van der Waals surface area contributed by atoms with Crippen molar-refractivity contribution in [1.82, 2.24) is 0 Å². The lowest BCUT2D eigenvalue weighted by Crippen LogP contribution is -2.30. The van der Waals surface area contributed by atoms with Gasteiger partial charge in [0.2, 0.25) is 0 Å². The number of anilines is 1. The smallest absolute Gasteiger partial charge is 0.312 e. The number of nitrogens with zero attached hydrogens (tertiary/aromatic N) is 1. The molecule has 0 radical (unpaired) electrons. The highest BCUT2D eigenvalue weighted by Crippen LogP contribution is 2.31. The molecule has 0 heterocycles. The molecule has 0 saturated heterocycles. The van der Waals surface area contributed by atoms with Crippen LogP contribution in [-0.4, -0.2) is 24.0 Å². The minimum atomic E-state index is -0.963. The molecule has 0 aliphatic rings. The molecule has 2 aromatic carbocycles.